The number of phenolic OH excluding ortho intramolecular Hbond substituents is 1. The van der Waals surface area contributed by atoms with Crippen molar-refractivity contribution in [3.05, 3.63) is 63.7 Å². The third kappa shape index (κ3) is 3.90. The molecule has 3 rings (SSSR count). The summed E-state index contributed by atoms with van der Waals surface area (Å²) in [4.78, 5) is 47.7. The molecule has 3 N–H and O–H groups in total. The molecule has 1 heterocycles. The van der Waals surface area contributed by atoms with Crippen molar-refractivity contribution < 1.29 is 24.4 Å². The van der Waals surface area contributed by atoms with Gasteiger partial charge in [-0.1, -0.05) is 6.07 Å². The number of anilines is 1. The molecule has 0 fully saturated rings. The van der Waals surface area contributed by atoms with Gasteiger partial charge in [-0.2, -0.15) is 0 Å². The summed E-state index contributed by atoms with van der Waals surface area (Å²) in [7, 11) is 0. The second kappa shape index (κ2) is 7.74. The maximum Gasteiger partial charge on any atom is 0.319 e. The summed E-state index contributed by atoms with van der Waals surface area (Å²) in [6.45, 7) is 0.255. The van der Waals surface area contributed by atoms with Crippen LogP contribution >= 0.6 is 0 Å². The quantitative estimate of drug-likeness (QED) is 0.301. The van der Waals surface area contributed by atoms with Crippen molar-refractivity contribution in [2.75, 3.05) is 18.4 Å². The molecule has 0 aromatic heterocycles. The number of phenols is 1. The Morgan fingerprint density at radius 2 is 1.86 bits per heavy atom. The number of nitrogens with zero attached hydrogens (tertiary/aromatic N) is 2. The molecule has 2 aromatic carbocycles. The van der Waals surface area contributed by atoms with Crippen LogP contribution in [0.3, 0.4) is 0 Å². The Balaban J connectivity index is 1.51. The number of nitrogens with one attached hydrogen (secondary N) is 2. The van der Waals surface area contributed by atoms with Gasteiger partial charge in [-0.25, -0.2) is 4.79 Å². The fourth-order valence-corrected chi connectivity index (χ4v) is 2.79. The lowest BCUT2D eigenvalue weighted by molar-refractivity contribution is -0.384. The van der Waals surface area contributed by atoms with E-state index in [1.807, 2.05) is 0 Å². The van der Waals surface area contributed by atoms with E-state index in [-0.39, 0.29) is 35.7 Å². The molecule has 0 aliphatic carbocycles. The molecule has 28 heavy (non-hydrogen) atoms. The lowest BCUT2D eigenvalue weighted by Gasteiger charge is -2.14. The number of carbonyl (C=O) groups excluding carboxylic acids is 3. The molecule has 0 atom stereocenters. The number of rotatable bonds is 6. The fourth-order valence-electron chi connectivity index (χ4n) is 2.79. The molecule has 2 aromatic rings. The van der Waals surface area contributed by atoms with Gasteiger partial charge in [0.2, 0.25) is 0 Å². The van der Waals surface area contributed by atoms with E-state index in [1.54, 1.807) is 12.1 Å². The molecule has 0 radical (unpaired) electrons. The Morgan fingerprint density at radius 3 is 2.57 bits per heavy atom. The fraction of sp³-hybridized carbons (Fsp3) is 0.167. The van der Waals surface area contributed by atoms with E-state index in [2.05, 4.69) is 10.6 Å². The summed E-state index contributed by atoms with van der Waals surface area (Å²) in [6, 6.07) is 9.10. The van der Waals surface area contributed by atoms with Gasteiger partial charge in [-0.15, -0.1) is 0 Å². The third-order valence-corrected chi connectivity index (χ3v) is 4.11. The van der Waals surface area contributed by atoms with E-state index in [9.17, 15) is 29.6 Å². The minimum atomic E-state index is -0.629. The maximum atomic E-state index is 12.3. The zero-order valence-corrected chi connectivity index (χ0v) is 14.5. The Hall–Kier alpha value is -3.95. The molecule has 0 spiro atoms. The van der Waals surface area contributed by atoms with E-state index < -0.39 is 22.8 Å². The van der Waals surface area contributed by atoms with Crippen LogP contribution in [0.4, 0.5) is 16.2 Å². The zero-order valence-electron chi connectivity index (χ0n) is 14.5. The van der Waals surface area contributed by atoms with Gasteiger partial charge in [0.1, 0.15) is 5.75 Å². The average molecular weight is 384 g/mol. The molecule has 0 unspecified atom stereocenters. The normalized spacial score (nSPS) is 12.6. The molecule has 10 heteroatoms. The predicted octanol–water partition coefficient (Wildman–Crippen LogP) is 2.11. The number of benzene rings is 2. The monoisotopic (exact) mass is 384 g/mol. The number of nitro benzene ring substituents is 1. The molecule has 144 valence electrons. The smallest absolute Gasteiger partial charge is 0.319 e. The molecule has 0 saturated heterocycles. The third-order valence-electron chi connectivity index (χ3n) is 4.11. The molecule has 0 saturated carbocycles. The first kappa shape index (κ1) is 18.8. The average Bonchev–Trinajstić information content (AvgIpc) is 2.89. The van der Waals surface area contributed by atoms with Crippen molar-refractivity contribution >= 4 is 29.2 Å². The Bertz CT molecular complexity index is 974. The second-order valence-corrected chi connectivity index (χ2v) is 6.03. The minimum absolute atomic E-state index is 0.00814. The maximum absolute atomic E-state index is 12.3. The van der Waals surface area contributed by atoms with Crippen molar-refractivity contribution in [1.29, 1.82) is 0 Å². The van der Waals surface area contributed by atoms with Crippen LogP contribution in [-0.2, 0) is 0 Å². The first-order valence-corrected chi connectivity index (χ1v) is 8.35. The molecule has 10 nitrogen and oxygen atoms in total. The number of urea groups is 1. The van der Waals surface area contributed by atoms with E-state index >= 15 is 0 Å². The van der Waals surface area contributed by atoms with Gasteiger partial charge in [0, 0.05) is 37.0 Å². The predicted molar refractivity (Wildman–Crippen MR) is 98.2 cm³/mol. The first-order valence-electron chi connectivity index (χ1n) is 8.35. The number of amides is 4. The molecule has 4 amide bonds. The molecule has 0 bridgehead atoms. The first-order chi connectivity index (χ1) is 13.4. The van der Waals surface area contributed by atoms with Crippen LogP contribution in [0.15, 0.2) is 42.5 Å². The van der Waals surface area contributed by atoms with Crippen molar-refractivity contribution in [2.45, 2.75) is 6.42 Å². The Kier molecular flexibility index (Phi) is 5.21. The number of nitro groups is 1. The van der Waals surface area contributed by atoms with E-state index in [4.69, 9.17) is 0 Å². The summed E-state index contributed by atoms with van der Waals surface area (Å²) < 4.78 is 0. The number of hydrogen-bond acceptors (Lipinski definition) is 6. The highest BCUT2D eigenvalue weighted by molar-refractivity contribution is 6.21. The van der Waals surface area contributed by atoms with Crippen molar-refractivity contribution in [1.82, 2.24) is 10.2 Å². The summed E-state index contributed by atoms with van der Waals surface area (Å²) in [5, 5.41) is 25.3. The van der Waals surface area contributed by atoms with E-state index in [1.165, 1.54) is 24.3 Å². The minimum Gasteiger partial charge on any atom is -0.508 e. The summed E-state index contributed by atoms with van der Waals surface area (Å²) >= 11 is 0. The summed E-state index contributed by atoms with van der Waals surface area (Å²) in [5.41, 5.74) is 0.297. The van der Waals surface area contributed by atoms with Crippen LogP contribution < -0.4 is 10.6 Å². The van der Waals surface area contributed by atoms with Gasteiger partial charge >= 0.3 is 6.03 Å². The highest BCUT2D eigenvalue weighted by atomic mass is 16.6. The van der Waals surface area contributed by atoms with Crippen LogP contribution in [0, 0.1) is 10.1 Å². The van der Waals surface area contributed by atoms with Crippen LogP contribution in [0.25, 0.3) is 0 Å². The highest BCUT2D eigenvalue weighted by Crippen LogP contribution is 2.26. The number of imide groups is 1. The molecule has 1 aliphatic heterocycles. The van der Waals surface area contributed by atoms with Gasteiger partial charge in [-0.05, 0) is 24.6 Å². The number of hydrogen-bond donors (Lipinski definition) is 3. The Labute approximate surface area is 158 Å². The van der Waals surface area contributed by atoms with E-state index in [0.29, 0.717) is 12.1 Å². The van der Waals surface area contributed by atoms with Gasteiger partial charge in [0.15, 0.2) is 0 Å². The standard InChI is InChI=1S/C18H16N4O6/c23-13-4-1-3-11(9-13)20-18(26)19-7-2-8-21-16(24)14-6-5-12(22(27)28)10-15(14)17(21)25/h1,3-6,9-10,23H,2,7-8H2,(H2,19,20,26). The number of non-ortho nitro benzene ring substituents is 1. The highest BCUT2D eigenvalue weighted by Gasteiger charge is 2.36. The molecular weight excluding hydrogens is 368 g/mol. The Morgan fingerprint density at radius 1 is 1.11 bits per heavy atom. The van der Waals surface area contributed by atoms with Crippen LogP contribution in [0.5, 0.6) is 5.75 Å². The van der Waals surface area contributed by atoms with Crippen molar-refractivity contribution in [3.8, 4) is 5.75 Å². The van der Waals surface area contributed by atoms with Gasteiger partial charge in [0.05, 0.1) is 16.1 Å². The van der Waals surface area contributed by atoms with Crippen molar-refractivity contribution in [2.24, 2.45) is 0 Å². The van der Waals surface area contributed by atoms with Crippen LogP contribution in [0.2, 0.25) is 0 Å². The SMILES string of the molecule is O=C(NCCCN1C(=O)c2ccc([N+](=O)[O-])cc2C1=O)Nc1cccc(O)c1. The number of carbonyl (C=O) groups is 3. The van der Waals surface area contributed by atoms with Crippen LogP contribution in [0.1, 0.15) is 27.1 Å². The molecule has 1 aliphatic rings. The van der Waals surface area contributed by atoms with E-state index in [0.717, 1.165) is 11.0 Å². The molecular formula is C18H16N4O6. The van der Waals surface area contributed by atoms with Gasteiger partial charge < -0.3 is 15.7 Å². The summed E-state index contributed by atoms with van der Waals surface area (Å²) in [6.07, 6.45) is 0.307. The van der Waals surface area contributed by atoms with Gasteiger partial charge in [-0.3, -0.25) is 24.6 Å². The van der Waals surface area contributed by atoms with Gasteiger partial charge in [0.25, 0.3) is 17.5 Å². The number of fused-ring (bicyclic) bond motifs is 1. The zero-order chi connectivity index (χ0) is 20.3. The summed E-state index contributed by atoms with van der Waals surface area (Å²) in [5.74, 6) is -1.09. The number of aromatic hydroxyl groups is 1. The second-order valence-electron chi connectivity index (χ2n) is 6.03. The van der Waals surface area contributed by atoms with Crippen molar-refractivity contribution in [3.63, 3.8) is 0 Å². The van der Waals surface area contributed by atoms with Crippen LogP contribution in [-0.4, -0.2) is 45.9 Å². The lowest BCUT2D eigenvalue weighted by Crippen LogP contribution is -2.35. The lowest BCUT2D eigenvalue weighted by atomic mass is 10.1. The topological polar surface area (TPSA) is 142 Å². The largest absolute Gasteiger partial charge is 0.508 e.